The molecule has 0 saturated carbocycles. The van der Waals surface area contributed by atoms with E-state index in [0.717, 1.165) is 28.2 Å². The number of carbonyl (C=O) groups excluding carboxylic acids is 1. The van der Waals surface area contributed by atoms with Gasteiger partial charge in [0, 0.05) is 31.5 Å². The minimum absolute atomic E-state index is 0.0346. The first-order valence-electron chi connectivity index (χ1n) is 8.46. The third-order valence-corrected chi connectivity index (χ3v) is 4.17. The highest BCUT2D eigenvalue weighted by molar-refractivity contribution is 5.78. The second-order valence-electron chi connectivity index (χ2n) is 6.12. The van der Waals surface area contributed by atoms with Crippen LogP contribution in [0.1, 0.15) is 23.7 Å². The number of carbonyl (C=O) groups is 1. The topological polar surface area (TPSA) is 46.8 Å². The number of nitrogens with zero attached hydrogens (tertiary/aromatic N) is 3. The van der Waals surface area contributed by atoms with Crippen LogP contribution >= 0.6 is 0 Å². The molecule has 2 heterocycles. The third kappa shape index (κ3) is 3.82. The lowest BCUT2D eigenvalue weighted by atomic mass is 10.2. The Hall–Kier alpha value is -2.82. The van der Waals surface area contributed by atoms with Crippen molar-refractivity contribution in [1.82, 2.24) is 14.3 Å². The van der Waals surface area contributed by atoms with Crippen molar-refractivity contribution in [1.29, 1.82) is 0 Å². The average Bonchev–Trinajstić information content (AvgIpc) is 3.00. The summed E-state index contributed by atoms with van der Waals surface area (Å²) in [6.07, 6.45) is 4.15. The fraction of sp³-hybridized carbons (Fsp3) is 0.300. The summed E-state index contributed by atoms with van der Waals surface area (Å²) in [4.78, 5) is 18.9. The van der Waals surface area contributed by atoms with Crippen LogP contribution in [0.15, 0.2) is 48.8 Å². The summed E-state index contributed by atoms with van der Waals surface area (Å²) >= 11 is 0. The molecule has 130 valence electrons. The van der Waals surface area contributed by atoms with E-state index < -0.39 is 0 Å². The van der Waals surface area contributed by atoms with Crippen LogP contribution in [-0.2, 0) is 17.8 Å². The molecule has 0 spiro atoms. The van der Waals surface area contributed by atoms with Gasteiger partial charge in [-0.05, 0) is 31.5 Å². The molecule has 1 amide bonds. The van der Waals surface area contributed by atoms with Crippen molar-refractivity contribution in [3.8, 4) is 5.75 Å². The fourth-order valence-corrected chi connectivity index (χ4v) is 2.85. The van der Waals surface area contributed by atoms with Crippen molar-refractivity contribution >= 4 is 11.6 Å². The first kappa shape index (κ1) is 17.0. The summed E-state index contributed by atoms with van der Waals surface area (Å²) in [6.45, 7) is 5.10. The lowest BCUT2D eigenvalue weighted by molar-refractivity contribution is -0.129. The monoisotopic (exact) mass is 337 g/mol. The number of aryl methyl sites for hydroxylation is 1. The molecule has 0 N–H and O–H groups in total. The molecule has 5 heteroatoms. The van der Waals surface area contributed by atoms with Gasteiger partial charge in [-0.15, -0.1) is 0 Å². The van der Waals surface area contributed by atoms with E-state index in [4.69, 9.17) is 4.74 Å². The van der Waals surface area contributed by atoms with Crippen molar-refractivity contribution < 1.29 is 9.53 Å². The molecule has 0 fully saturated rings. The number of likely N-dealkylation sites (N-methyl/N-ethyl adjacent to an activating group) is 1. The molecular weight excluding hydrogens is 314 g/mol. The highest BCUT2D eigenvalue weighted by Gasteiger charge is 2.15. The Kier molecular flexibility index (Phi) is 5.03. The quantitative estimate of drug-likeness (QED) is 0.694. The van der Waals surface area contributed by atoms with Crippen molar-refractivity contribution in [2.45, 2.75) is 26.8 Å². The van der Waals surface area contributed by atoms with Crippen LogP contribution in [0, 0.1) is 6.92 Å². The third-order valence-electron chi connectivity index (χ3n) is 4.17. The van der Waals surface area contributed by atoms with Crippen molar-refractivity contribution in [2.75, 3.05) is 13.7 Å². The molecule has 0 saturated heterocycles. The van der Waals surface area contributed by atoms with E-state index >= 15 is 0 Å². The van der Waals surface area contributed by atoms with Gasteiger partial charge in [0.2, 0.25) is 5.91 Å². The maximum Gasteiger partial charge on any atom is 0.228 e. The van der Waals surface area contributed by atoms with Crippen LogP contribution in [0.25, 0.3) is 5.65 Å². The second kappa shape index (κ2) is 7.38. The number of benzene rings is 1. The number of hydrogen-bond donors (Lipinski definition) is 0. The summed E-state index contributed by atoms with van der Waals surface area (Å²) in [5.41, 5.74) is 3.78. The zero-order valence-electron chi connectivity index (χ0n) is 14.9. The molecular formula is C20H23N3O2. The van der Waals surface area contributed by atoms with E-state index in [1.807, 2.05) is 74.1 Å². The minimum Gasteiger partial charge on any atom is -0.494 e. The van der Waals surface area contributed by atoms with Crippen LogP contribution in [0.4, 0.5) is 0 Å². The molecule has 0 radical (unpaired) electrons. The zero-order valence-corrected chi connectivity index (χ0v) is 14.9. The van der Waals surface area contributed by atoms with Gasteiger partial charge in [-0.1, -0.05) is 24.3 Å². The number of ether oxygens (including phenoxy) is 1. The molecule has 3 aromatic rings. The molecule has 0 bridgehead atoms. The van der Waals surface area contributed by atoms with Gasteiger partial charge in [0.15, 0.2) is 0 Å². The molecule has 0 unspecified atom stereocenters. The largest absolute Gasteiger partial charge is 0.494 e. The molecule has 5 nitrogen and oxygen atoms in total. The van der Waals surface area contributed by atoms with Gasteiger partial charge in [-0.3, -0.25) is 4.79 Å². The van der Waals surface area contributed by atoms with Gasteiger partial charge in [-0.25, -0.2) is 4.98 Å². The van der Waals surface area contributed by atoms with Gasteiger partial charge in [0.1, 0.15) is 11.4 Å². The molecule has 0 aliphatic carbocycles. The SMILES string of the molecule is CCOc1ccccc1CN(C)C(=O)Cc1cn2cccc(C)c2n1. The highest BCUT2D eigenvalue weighted by Crippen LogP contribution is 2.20. The predicted molar refractivity (Wildman–Crippen MR) is 97.7 cm³/mol. The fourth-order valence-electron chi connectivity index (χ4n) is 2.85. The highest BCUT2D eigenvalue weighted by atomic mass is 16.5. The number of pyridine rings is 1. The molecule has 2 aromatic heterocycles. The maximum absolute atomic E-state index is 12.6. The van der Waals surface area contributed by atoms with E-state index in [1.165, 1.54) is 0 Å². The number of hydrogen-bond acceptors (Lipinski definition) is 3. The normalized spacial score (nSPS) is 10.8. The Morgan fingerprint density at radius 3 is 2.80 bits per heavy atom. The van der Waals surface area contributed by atoms with E-state index in [2.05, 4.69) is 4.98 Å². The Balaban J connectivity index is 1.71. The smallest absolute Gasteiger partial charge is 0.228 e. The molecule has 0 aliphatic heterocycles. The van der Waals surface area contributed by atoms with Gasteiger partial charge in [-0.2, -0.15) is 0 Å². The van der Waals surface area contributed by atoms with Crippen LogP contribution in [-0.4, -0.2) is 33.8 Å². The number of aromatic nitrogens is 2. The van der Waals surface area contributed by atoms with Gasteiger partial charge >= 0.3 is 0 Å². The van der Waals surface area contributed by atoms with Gasteiger partial charge in [0.25, 0.3) is 0 Å². The molecule has 0 atom stereocenters. The van der Waals surface area contributed by atoms with Crippen LogP contribution in [0.2, 0.25) is 0 Å². The summed E-state index contributed by atoms with van der Waals surface area (Å²) < 4.78 is 7.60. The number of fused-ring (bicyclic) bond motifs is 1. The Morgan fingerprint density at radius 1 is 1.24 bits per heavy atom. The number of para-hydroxylation sites is 1. The molecule has 25 heavy (non-hydrogen) atoms. The van der Waals surface area contributed by atoms with Crippen LogP contribution in [0.3, 0.4) is 0 Å². The Bertz CT molecular complexity index is 886. The summed E-state index contributed by atoms with van der Waals surface area (Å²) in [5, 5.41) is 0. The molecule has 0 aliphatic rings. The summed E-state index contributed by atoms with van der Waals surface area (Å²) in [6, 6.07) is 11.8. The van der Waals surface area contributed by atoms with Crippen LogP contribution < -0.4 is 4.74 Å². The predicted octanol–water partition coefficient (Wildman–Crippen LogP) is 3.24. The van der Waals surface area contributed by atoms with Crippen LogP contribution in [0.5, 0.6) is 5.75 Å². The summed E-state index contributed by atoms with van der Waals surface area (Å²) in [5.74, 6) is 0.861. The molecule has 1 aromatic carbocycles. The number of rotatable bonds is 6. The Labute approximate surface area is 147 Å². The zero-order chi connectivity index (χ0) is 17.8. The lowest BCUT2D eigenvalue weighted by Gasteiger charge is -2.18. The number of amides is 1. The molecule has 3 rings (SSSR count). The van der Waals surface area contributed by atoms with E-state index in [-0.39, 0.29) is 12.3 Å². The standard InChI is InChI=1S/C20H23N3O2/c1-4-25-18-10-6-5-9-16(18)13-22(3)19(24)12-17-14-23-11-7-8-15(2)20(23)21-17/h5-11,14H,4,12-13H2,1-3H3. The lowest BCUT2D eigenvalue weighted by Crippen LogP contribution is -2.28. The maximum atomic E-state index is 12.6. The first-order chi connectivity index (χ1) is 12.1. The van der Waals surface area contributed by atoms with Gasteiger partial charge in [0.05, 0.1) is 18.7 Å². The Morgan fingerprint density at radius 2 is 2.04 bits per heavy atom. The van der Waals surface area contributed by atoms with Crippen molar-refractivity contribution in [3.05, 3.63) is 65.6 Å². The van der Waals surface area contributed by atoms with Crippen molar-refractivity contribution in [2.24, 2.45) is 0 Å². The average molecular weight is 337 g/mol. The first-order valence-corrected chi connectivity index (χ1v) is 8.46. The number of imidazole rings is 1. The second-order valence-corrected chi connectivity index (χ2v) is 6.12. The van der Waals surface area contributed by atoms with E-state index in [9.17, 15) is 4.79 Å². The van der Waals surface area contributed by atoms with Crippen molar-refractivity contribution in [3.63, 3.8) is 0 Å². The minimum atomic E-state index is 0.0346. The van der Waals surface area contributed by atoms with E-state index in [0.29, 0.717) is 13.2 Å². The van der Waals surface area contributed by atoms with Gasteiger partial charge < -0.3 is 14.0 Å². The summed E-state index contributed by atoms with van der Waals surface area (Å²) in [7, 11) is 1.81. The van der Waals surface area contributed by atoms with E-state index in [1.54, 1.807) is 4.90 Å².